The zero-order valence-electron chi connectivity index (χ0n) is 16.2. The van der Waals surface area contributed by atoms with Crippen LogP contribution in [0.25, 0.3) is 0 Å². The molecule has 0 aliphatic carbocycles. The number of anilines is 1. The van der Waals surface area contributed by atoms with Crippen molar-refractivity contribution in [2.24, 2.45) is 0 Å². The number of piperidine rings is 1. The molecule has 2 aliphatic heterocycles. The second-order valence-corrected chi connectivity index (χ2v) is 7.73. The normalized spacial score (nSPS) is 22.3. The number of benzene rings is 1. The first-order chi connectivity index (χ1) is 13.2. The van der Waals surface area contributed by atoms with Crippen LogP contribution in [-0.2, 0) is 13.0 Å². The molecule has 0 saturated carbocycles. The van der Waals surface area contributed by atoms with Gasteiger partial charge in [0.1, 0.15) is 17.3 Å². The Bertz CT molecular complexity index is 739. The van der Waals surface area contributed by atoms with Crippen LogP contribution in [0, 0.1) is 5.82 Å². The monoisotopic (exact) mass is 371 g/mol. The molecule has 2 aromatic rings. The number of furan rings is 1. The van der Waals surface area contributed by atoms with Gasteiger partial charge in [-0.05, 0) is 43.7 Å². The summed E-state index contributed by atoms with van der Waals surface area (Å²) < 4.78 is 19.9. The minimum Gasteiger partial charge on any atom is -0.465 e. The molecule has 0 amide bonds. The van der Waals surface area contributed by atoms with E-state index in [4.69, 9.17) is 4.42 Å². The number of piperazine rings is 1. The Morgan fingerprint density at radius 3 is 2.52 bits per heavy atom. The van der Waals surface area contributed by atoms with Gasteiger partial charge in [-0.25, -0.2) is 4.39 Å². The Kier molecular flexibility index (Phi) is 5.79. The van der Waals surface area contributed by atoms with Crippen molar-refractivity contribution < 1.29 is 8.81 Å². The molecule has 0 unspecified atom stereocenters. The van der Waals surface area contributed by atoms with E-state index >= 15 is 0 Å². The summed E-state index contributed by atoms with van der Waals surface area (Å²) in [6, 6.07) is 11.9. The molecule has 2 saturated heterocycles. The molecule has 3 heterocycles. The molecule has 1 aromatic carbocycles. The van der Waals surface area contributed by atoms with Crippen molar-refractivity contribution in [2.45, 2.75) is 38.8 Å². The third-order valence-corrected chi connectivity index (χ3v) is 5.95. The zero-order valence-corrected chi connectivity index (χ0v) is 16.2. The molecule has 5 heteroatoms. The van der Waals surface area contributed by atoms with E-state index in [-0.39, 0.29) is 5.82 Å². The molecular formula is C22H30FN3O. The van der Waals surface area contributed by atoms with Crippen molar-refractivity contribution in [1.82, 2.24) is 9.80 Å². The van der Waals surface area contributed by atoms with Crippen molar-refractivity contribution in [3.63, 3.8) is 0 Å². The summed E-state index contributed by atoms with van der Waals surface area (Å²) in [6.07, 6.45) is 3.45. The van der Waals surface area contributed by atoms with E-state index in [9.17, 15) is 4.39 Å². The van der Waals surface area contributed by atoms with Gasteiger partial charge < -0.3 is 9.32 Å². The lowest BCUT2D eigenvalue weighted by Crippen LogP contribution is -2.55. The van der Waals surface area contributed by atoms with Gasteiger partial charge in [0.2, 0.25) is 0 Å². The van der Waals surface area contributed by atoms with Crippen LogP contribution in [0.5, 0.6) is 0 Å². The van der Waals surface area contributed by atoms with E-state index in [2.05, 4.69) is 33.8 Å². The minimum absolute atomic E-state index is 0.111. The number of hydrogen-bond acceptors (Lipinski definition) is 4. The first kappa shape index (κ1) is 18.5. The Balaban J connectivity index is 1.31. The van der Waals surface area contributed by atoms with Crippen LogP contribution in [0.1, 0.15) is 31.3 Å². The molecule has 2 aliphatic rings. The molecule has 1 atom stereocenters. The third kappa shape index (κ3) is 4.36. The van der Waals surface area contributed by atoms with Gasteiger partial charge in [-0.2, -0.15) is 0 Å². The maximum absolute atomic E-state index is 14.0. The molecule has 27 heavy (non-hydrogen) atoms. The maximum atomic E-state index is 14.0. The number of nitrogens with zero attached hydrogens (tertiary/aromatic N) is 3. The van der Waals surface area contributed by atoms with Gasteiger partial charge in [0.05, 0.1) is 12.2 Å². The first-order valence-corrected chi connectivity index (χ1v) is 10.3. The van der Waals surface area contributed by atoms with Crippen LogP contribution >= 0.6 is 0 Å². The van der Waals surface area contributed by atoms with Crippen LogP contribution in [0.2, 0.25) is 0 Å². The summed E-state index contributed by atoms with van der Waals surface area (Å²) in [5.41, 5.74) is 0.743. The SMILES string of the molecule is CCc1ccc(CN2CCC[C@H](N3CCN(c4ccccc4F)CC3)C2)o1. The Labute approximate surface area is 161 Å². The highest BCUT2D eigenvalue weighted by Gasteiger charge is 2.29. The topological polar surface area (TPSA) is 22.9 Å². The predicted octanol–water partition coefficient (Wildman–Crippen LogP) is 3.77. The Hall–Kier alpha value is -1.85. The van der Waals surface area contributed by atoms with E-state index in [0.29, 0.717) is 6.04 Å². The lowest BCUT2D eigenvalue weighted by atomic mass is 10.0. The highest BCUT2D eigenvalue weighted by Crippen LogP contribution is 2.24. The van der Waals surface area contributed by atoms with Gasteiger partial charge in [0, 0.05) is 45.2 Å². The van der Waals surface area contributed by atoms with Gasteiger partial charge in [0.25, 0.3) is 0 Å². The van der Waals surface area contributed by atoms with Gasteiger partial charge in [-0.15, -0.1) is 0 Å². The van der Waals surface area contributed by atoms with Crippen molar-refractivity contribution in [2.75, 3.05) is 44.2 Å². The third-order valence-electron chi connectivity index (χ3n) is 5.95. The number of halogens is 1. The molecule has 2 fully saturated rings. The average Bonchev–Trinajstić information content (AvgIpc) is 3.16. The van der Waals surface area contributed by atoms with E-state index in [1.807, 2.05) is 12.1 Å². The van der Waals surface area contributed by atoms with Crippen LogP contribution in [0.15, 0.2) is 40.8 Å². The largest absolute Gasteiger partial charge is 0.465 e. The fraction of sp³-hybridized carbons (Fsp3) is 0.545. The van der Waals surface area contributed by atoms with Crippen LogP contribution in [-0.4, -0.2) is 55.1 Å². The summed E-state index contributed by atoms with van der Waals surface area (Å²) in [5, 5.41) is 0. The smallest absolute Gasteiger partial charge is 0.146 e. The average molecular weight is 372 g/mol. The van der Waals surface area contributed by atoms with E-state index in [1.54, 1.807) is 12.1 Å². The van der Waals surface area contributed by atoms with Gasteiger partial charge >= 0.3 is 0 Å². The molecule has 1 aromatic heterocycles. The number of rotatable bonds is 5. The molecule has 0 N–H and O–H groups in total. The fourth-order valence-electron chi connectivity index (χ4n) is 4.43. The standard InChI is InChI=1S/C22H30FN3O/c1-2-19-9-10-20(27-19)17-24-11-5-6-18(16-24)25-12-14-26(15-13-25)22-8-4-3-7-21(22)23/h3-4,7-10,18H,2,5-6,11-17H2,1H3/t18-/m0/s1. The number of aryl methyl sites for hydroxylation is 1. The summed E-state index contributed by atoms with van der Waals surface area (Å²) in [7, 11) is 0. The Morgan fingerprint density at radius 2 is 1.78 bits per heavy atom. The molecule has 0 radical (unpaired) electrons. The summed E-state index contributed by atoms with van der Waals surface area (Å²) >= 11 is 0. The predicted molar refractivity (Wildman–Crippen MR) is 107 cm³/mol. The lowest BCUT2D eigenvalue weighted by Gasteiger charge is -2.43. The molecular weight excluding hydrogens is 341 g/mol. The molecule has 4 rings (SSSR count). The van der Waals surface area contributed by atoms with Crippen LogP contribution in [0.3, 0.4) is 0 Å². The highest BCUT2D eigenvalue weighted by atomic mass is 19.1. The maximum Gasteiger partial charge on any atom is 0.146 e. The van der Waals surface area contributed by atoms with Crippen molar-refractivity contribution in [3.05, 3.63) is 53.7 Å². The van der Waals surface area contributed by atoms with Gasteiger partial charge in [0.15, 0.2) is 0 Å². The molecule has 0 spiro atoms. The second kappa shape index (κ2) is 8.44. The van der Waals surface area contributed by atoms with Crippen LogP contribution < -0.4 is 4.90 Å². The first-order valence-electron chi connectivity index (χ1n) is 10.3. The van der Waals surface area contributed by atoms with E-state index in [1.165, 1.54) is 12.8 Å². The number of hydrogen-bond donors (Lipinski definition) is 0. The molecule has 146 valence electrons. The van der Waals surface area contributed by atoms with Gasteiger partial charge in [-0.1, -0.05) is 19.1 Å². The van der Waals surface area contributed by atoms with Crippen molar-refractivity contribution in [3.8, 4) is 0 Å². The lowest BCUT2D eigenvalue weighted by molar-refractivity contribution is 0.0846. The highest BCUT2D eigenvalue weighted by molar-refractivity contribution is 5.48. The van der Waals surface area contributed by atoms with E-state index < -0.39 is 0 Å². The molecule has 4 nitrogen and oxygen atoms in total. The van der Waals surface area contributed by atoms with Gasteiger partial charge in [-0.3, -0.25) is 9.80 Å². The summed E-state index contributed by atoms with van der Waals surface area (Å²) in [6.45, 7) is 9.09. The van der Waals surface area contributed by atoms with E-state index in [0.717, 1.165) is 69.4 Å². The second-order valence-electron chi connectivity index (χ2n) is 7.73. The molecule has 0 bridgehead atoms. The minimum atomic E-state index is -0.111. The van der Waals surface area contributed by atoms with Crippen molar-refractivity contribution >= 4 is 5.69 Å². The zero-order chi connectivity index (χ0) is 18.6. The number of likely N-dealkylation sites (tertiary alicyclic amines) is 1. The summed E-state index contributed by atoms with van der Waals surface area (Å²) in [4.78, 5) is 7.31. The quantitative estimate of drug-likeness (QED) is 0.798. The Morgan fingerprint density at radius 1 is 1.00 bits per heavy atom. The fourth-order valence-corrected chi connectivity index (χ4v) is 4.43. The number of para-hydroxylation sites is 1. The van der Waals surface area contributed by atoms with Crippen LogP contribution in [0.4, 0.5) is 10.1 Å². The van der Waals surface area contributed by atoms with Crippen molar-refractivity contribution in [1.29, 1.82) is 0 Å². The summed E-state index contributed by atoms with van der Waals surface area (Å²) in [5.74, 6) is 2.04.